The van der Waals surface area contributed by atoms with Crippen LogP contribution in [0.5, 0.6) is 0 Å². The maximum Gasteiger partial charge on any atom is 0.226 e. The van der Waals surface area contributed by atoms with Crippen molar-refractivity contribution >= 4 is 5.95 Å². The SMILES string of the molecule is Cc1cnc(N2CCOC(CN)C2)nc1-c1ccccc1F. The molecule has 3 rings (SSSR count). The molecule has 1 aliphatic heterocycles. The molecule has 0 spiro atoms. The number of hydrogen-bond donors (Lipinski definition) is 1. The number of nitrogens with two attached hydrogens (primary N) is 1. The number of halogens is 1. The fourth-order valence-electron chi connectivity index (χ4n) is 2.55. The number of hydrogen-bond acceptors (Lipinski definition) is 5. The normalized spacial score (nSPS) is 18.5. The highest BCUT2D eigenvalue weighted by molar-refractivity contribution is 5.64. The lowest BCUT2D eigenvalue weighted by Gasteiger charge is -2.32. The second-order valence-corrected chi connectivity index (χ2v) is 5.36. The zero-order valence-corrected chi connectivity index (χ0v) is 12.5. The first-order chi connectivity index (χ1) is 10.7. The van der Waals surface area contributed by atoms with Crippen molar-refractivity contribution in [3.05, 3.63) is 41.8 Å². The quantitative estimate of drug-likeness (QED) is 0.936. The Morgan fingerprint density at radius 3 is 3.00 bits per heavy atom. The monoisotopic (exact) mass is 302 g/mol. The van der Waals surface area contributed by atoms with Crippen LogP contribution in [0.2, 0.25) is 0 Å². The van der Waals surface area contributed by atoms with E-state index in [0.29, 0.717) is 43.4 Å². The summed E-state index contributed by atoms with van der Waals surface area (Å²) >= 11 is 0. The molecule has 1 aromatic carbocycles. The third-order valence-corrected chi connectivity index (χ3v) is 3.77. The average Bonchev–Trinajstić information content (AvgIpc) is 2.56. The zero-order valence-electron chi connectivity index (χ0n) is 12.5. The highest BCUT2D eigenvalue weighted by Crippen LogP contribution is 2.25. The molecular formula is C16H19FN4O. The molecule has 6 heteroatoms. The van der Waals surface area contributed by atoms with Crippen molar-refractivity contribution in [3.63, 3.8) is 0 Å². The van der Waals surface area contributed by atoms with Gasteiger partial charge >= 0.3 is 0 Å². The van der Waals surface area contributed by atoms with E-state index >= 15 is 0 Å². The highest BCUT2D eigenvalue weighted by Gasteiger charge is 2.22. The molecule has 0 bridgehead atoms. The fourth-order valence-corrected chi connectivity index (χ4v) is 2.55. The molecule has 2 heterocycles. The first-order valence-corrected chi connectivity index (χ1v) is 7.34. The third-order valence-electron chi connectivity index (χ3n) is 3.77. The maximum absolute atomic E-state index is 14.0. The van der Waals surface area contributed by atoms with E-state index in [2.05, 4.69) is 9.97 Å². The molecule has 0 aliphatic carbocycles. The van der Waals surface area contributed by atoms with Crippen molar-refractivity contribution in [3.8, 4) is 11.3 Å². The van der Waals surface area contributed by atoms with Crippen molar-refractivity contribution in [1.29, 1.82) is 0 Å². The van der Waals surface area contributed by atoms with Gasteiger partial charge in [0.2, 0.25) is 5.95 Å². The molecule has 5 nitrogen and oxygen atoms in total. The van der Waals surface area contributed by atoms with Gasteiger partial charge in [0.05, 0.1) is 18.4 Å². The Labute approximate surface area is 128 Å². The second-order valence-electron chi connectivity index (χ2n) is 5.36. The summed E-state index contributed by atoms with van der Waals surface area (Å²) < 4.78 is 19.6. The van der Waals surface area contributed by atoms with Crippen molar-refractivity contribution < 1.29 is 9.13 Å². The van der Waals surface area contributed by atoms with Gasteiger partial charge in [-0.3, -0.25) is 0 Å². The van der Waals surface area contributed by atoms with Crippen LogP contribution in [0.1, 0.15) is 5.56 Å². The lowest BCUT2D eigenvalue weighted by molar-refractivity contribution is 0.0460. The molecule has 1 atom stereocenters. The van der Waals surface area contributed by atoms with Crippen LogP contribution < -0.4 is 10.6 Å². The van der Waals surface area contributed by atoms with E-state index in [4.69, 9.17) is 10.5 Å². The number of anilines is 1. The molecule has 1 saturated heterocycles. The molecule has 1 fully saturated rings. The minimum absolute atomic E-state index is 0.0180. The Morgan fingerprint density at radius 2 is 2.23 bits per heavy atom. The summed E-state index contributed by atoms with van der Waals surface area (Å²) in [5.41, 5.74) is 7.63. The largest absolute Gasteiger partial charge is 0.373 e. The molecule has 22 heavy (non-hydrogen) atoms. The molecule has 1 aromatic heterocycles. The molecule has 0 amide bonds. The van der Waals surface area contributed by atoms with Crippen LogP contribution in [-0.2, 0) is 4.74 Å². The van der Waals surface area contributed by atoms with Gasteiger partial charge in [0, 0.05) is 31.4 Å². The van der Waals surface area contributed by atoms with Gasteiger partial charge in [0.15, 0.2) is 0 Å². The molecule has 116 valence electrons. The van der Waals surface area contributed by atoms with E-state index < -0.39 is 0 Å². The topological polar surface area (TPSA) is 64.3 Å². The smallest absolute Gasteiger partial charge is 0.226 e. The summed E-state index contributed by atoms with van der Waals surface area (Å²) in [6.45, 7) is 4.29. The average molecular weight is 302 g/mol. The second kappa shape index (κ2) is 6.37. The standard InChI is InChI=1S/C16H19FN4O/c1-11-9-19-16(21-6-7-22-12(8-18)10-21)20-15(11)13-4-2-3-5-14(13)17/h2-5,9,12H,6-8,10,18H2,1H3. The Bertz CT molecular complexity index is 664. The summed E-state index contributed by atoms with van der Waals surface area (Å²) in [5, 5.41) is 0. The third kappa shape index (κ3) is 2.93. The molecule has 0 radical (unpaired) electrons. The summed E-state index contributed by atoms with van der Waals surface area (Å²) in [6, 6.07) is 6.65. The van der Waals surface area contributed by atoms with Crippen LogP contribution in [0.25, 0.3) is 11.3 Å². The van der Waals surface area contributed by atoms with E-state index in [1.54, 1.807) is 24.4 Å². The maximum atomic E-state index is 14.0. The van der Waals surface area contributed by atoms with Gasteiger partial charge < -0.3 is 15.4 Å². The van der Waals surface area contributed by atoms with Crippen molar-refractivity contribution in [1.82, 2.24) is 9.97 Å². The number of nitrogens with zero attached hydrogens (tertiary/aromatic N) is 3. The minimum atomic E-state index is -0.280. The van der Waals surface area contributed by atoms with Crippen LogP contribution in [0, 0.1) is 12.7 Å². The summed E-state index contributed by atoms with van der Waals surface area (Å²) in [7, 11) is 0. The van der Waals surface area contributed by atoms with Gasteiger partial charge in [-0.1, -0.05) is 12.1 Å². The highest BCUT2D eigenvalue weighted by atomic mass is 19.1. The Kier molecular flexibility index (Phi) is 4.31. The number of benzene rings is 1. The molecule has 1 unspecified atom stereocenters. The van der Waals surface area contributed by atoms with Gasteiger partial charge in [-0.2, -0.15) is 0 Å². The summed E-state index contributed by atoms with van der Waals surface area (Å²) in [4.78, 5) is 11.0. The fraction of sp³-hybridized carbons (Fsp3) is 0.375. The van der Waals surface area contributed by atoms with Gasteiger partial charge in [0.1, 0.15) is 5.82 Å². The molecule has 2 aromatic rings. The van der Waals surface area contributed by atoms with E-state index in [-0.39, 0.29) is 11.9 Å². The van der Waals surface area contributed by atoms with Gasteiger partial charge in [-0.15, -0.1) is 0 Å². The van der Waals surface area contributed by atoms with Crippen LogP contribution in [0.4, 0.5) is 10.3 Å². The Morgan fingerprint density at radius 1 is 1.41 bits per heavy atom. The Hall–Kier alpha value is -2.05. The number of ether oxygens (including phenoxy) is 1. The lowest BCUT2D eigenvalue weighted by atomic mass is 10.1. The van der Waals surface area contributed by atoms with E-state index in [1.165, 1.54) is 6.07 Å². The zero-order chi connectivity index (χ0) is 15.5. The van der Waals surface area contributed by atoms with Crippen molar-refractivity contribution in [2.24, 2.45) is 5.73 Å². The first kappa shape index (κ1) is 14.9. The van der Waals surface area contributed by atoms with E-state index in [0.717, 1.165) is 5.56 Å². The lowest BCUT2D eigenvalue weighted by Crippen LogP contribution is -2.46. The Balaban J connectivity index is 1.95. The molecule has 2 N–H and O–H groups in total. The van der Waals surface area contributed by atoms with E-state index in [1.807, 2.05) is 11.8 Å². The van der Waals surface area contributed by atoms with Gasteiger partial charge in [-0.05, 0) is 24.6 Å². The number of rotatable bonds is 3. The van der Waals surface area contributed by atoms with Gasteiger partial charge in [0.25, 0.3) is 0 Å². The molecular weight excluding hydrogens is 283 g/mol. The number of morpholine rings is 1. The van der Waals surface area contributed by atoms with Crippen LogP contribution in [0.3, 0.4) is 0 Å². The van der Waals surface area contributed by atoms with Gasteiger partial charge in [-0.25, -0.2) is 14.4 Å². The number of aryl methyl sites for hydroxylation is 1. The predicted molar refractivity (Wildman–Crippen MR) is 83.2 cm³/mol. The first-order valence-electron chi connectivity index (χ1n) is 7.34. The summed E-state index contributed by atoms with van der Waals surface area (Å²) in [5.74, 6) is 0.308. The summed E-state index contributed by atoms with van der Waals surface area (Å²) in [6.07, 6.45) is 1.72. The molecule has 1 aliphatic rings. The van der Waals surface area contributed by atoms with Crippen molar-refractivity contribution in [2.75, 3.05) is 31.1 Å². The predicted octanol–water partition coefficient (Wildman–Crippen LogP) is 1.76. The van der Waals surface area contributed by atoms with Crippen LogP contribution in [0.15, 0.2) is 30.5 Å². The van der Waals surface area contributed by atoms with Crippen LogP contribution in [-0.4, -0.2) is 42.3 Å². The minimum Gasteiger partial charge on any atom is -0.373 e. The number of aromatic nitrogens is 2. The van der Waals surface area contributed by atoms with Crippen molar-refractivity contribution in [2.45, 2.75) is 13.0 Å². The molecule has 0 saturated carbocycles. The van der Waals surface area contributed by atoms with E-state index in [9.17, 15) is 4.39 Å². The van der Waals surface area contributed by atoms with Crippen LogP contribution >= 0.6 is 0 Å².